The number of fused-ring (bicyclic) bond motifs is 1. The van der Waals surface area contributed by atoms with Crippen LogP contribution in [0.15, 0.2) is 49.6 Å². The number of amides is 2. The quantitative estimate of drug-likeness (QED) is 0.317. The summed E-state index contributed by atoms with van der Waals surface area (Å²) in [5, 5.41) is 11.0. The Balaban J connectivity index is 1.84. The maximum Gasteiger partial charge on any atom is 0.311 e. The molecule has 0 aromatic heterocycles. The lowest BCUT2D eigenvalue weighted by atomic mass is 9.66. The third-order valence-electron chi connectivity index (χ3n) is 8.11. The molecule has 9 heteroatoms. The summed E-state index contributed by atoms with van der Waals surface area (Å²) in [6.45, 7) is 13.6. The molecule has 1 spiro atoms. The van der Waals surface area contributed by atoms with Crippen molar-refractivity contribution in [2.75, 3.05) is 24.7 Å². The fourth-order valence-corrected chi connectivity index (χ4v) is 9.12. The Kier molecular flexibility index (Phi) is 8.36. The number of carbonyl (C=O) groups is 3. The first-order valence-corrected chi connectivity index (χ1v) is 14.3. The van der Waals surface area contributed by atoms with Gasteiger partial charge in [0.15, 0.2) is 0 Å². The number of esters is 1. The van der Waals surface area contributed by atoms with Gasteiger partial charge in [0.05, 0.1) is 29.2 Å². The van der Waals surface area contributed by atoms with Crippen molar-refractivity contribution in [3.8, 4) is 0 Å². The van der Waals surface area contributed by atoms with Crippen LogP contribution in [0.3, 0.4) is 0 Å². The predicted molar refractivity (Wildman–Crippen MR) is 151 cm³/mol. The minimum atomic E-state index is -0.851. The van der Waals surface area contributed by atoms with Gasteiger partial charge in [0.25, 0.3) is 5.91 Å². The number of nitrogens with zero attached hydrogens (tertiary/aromatic N) is 2. The second-order valence-corrected chi connectivity index (χ2v) is 13.4. The van der Waals surface area contributed by atoms with Crippen LogP contribution in [0.5, 0.6) is 0 Å². The standard InChI is InChI=1S/C29H37ClN2O5S/c1-6-14-31(20-10-8-19(30)9-11-20)26(35)24-29-13-12-28(5,38-29)23(27(36)37-15-7-2)22(29)25(34)32(24)21(17-33)16-18(3)4/h6-11,18,21-24,33H,1-2,12-17H2,3-5H3/t21-,22+,23+,24?,28-,29?/m1/s1. The van der Waals surface area contributed by atoms with E-state index in [1.807, 2.05) is 20.8 Å². The highest BCUT2D eigenvalue weighted by Gasteiger charge is 2.78. The van der Waals surface area contributed by atoms with Crippen molar-refractivity contribution in [3.63, 3.8) is 0 Å². The normalized spacial score (nSPS) is 30.3. The minimum Gasteiger partial charge on any atom is -0.461 e. The van der Waals surface area contributed by atoms with Gasteiger partial charge in [-0.2, -0.15) is 0 Å². The van der Waals surface area contributed by atoms with E-state index < -0.39 is 39.4 Å². The van der Waals surface area contributed by atoms with Crippen LogP contribution in [0.25, 0.3) is 0 Å². The van der Waals surface area contributed by atoms with Gasteiger partial charge in [0, 0.05) is 22.0 Å². The number of aliphatic hydroxyl groups excluding tert-OH is 1. The summed E-state index contributed by atoms with van der Waals surface area (Å²) in [5.74, 6) is -2.15. The minimum absolute atomic E-state index is 0.0619. The van der Waals surface area contributed by atoms with Gasteiger partial charge in [-0.25, -0.2) is 0 Å². The maximum atomic E-state index is 14.6. The Labute approximate surface area is 234 Å². The summed E-state index contributed by atoms with van der Waals surface area (Å²) in [6, 6.07) is 5.58. The molecule has 0 aliphatic carbocycles. The molecule has 3 aliphatic rings. The van der Waals surface area contributed by atoms with E-state index in [0.29, 0.717) is 30.0 Å². The van der Waals surface area contributed by atoms with Gasteiger partial charge in [-0.15, -0.1) is 18.3 Å². The lowest BCUT2D eigenvalue weighted by molar-refractivity contribution is -0.155. The number of halogens is 1. The lowest BCUT2D eigenvalue weighted by Gasteiger charge is -2.40. The molecule has 6 atom stereocenters. The number of ether oxygens (including phenoxy) is 1. The van der Waals surface area contributed by atoms with E-state index >= 15 is 0 Å². The summed E-state index contributed by atoms with van der Waals surface area (Å²) >= 11 is 7.69. The van der Waals surface area contributed by atoms with E-state index in [2.05, 4.69) is 13.2 Å². The summed E-state index contributed by atoms with van der Waals surface area (Å²) in [5.41, 5.74) is 0.640. The Bertz CT molecular complexity index is 1110. The van der Waals surface area contributed by atoms with Gasteiger partial charge < -0.3 is 19.6 Å². The molecule has 0 radical (unpaired) electrons. The topological polar surface area (TPSA) is 87.1 Å². The van der Waals surface area contributed by atoms with E-state index in [0.717, 1.165) is 0 Å². The molecular weight excluding hydrogens is 524 g/mol. The fraction of sp³-hybridized carbons (Fsp3) is 0.552. The highest BCUT2D eigenvalue weighted by atomic mass is 35.5. The zero-order valence-corrected chi connectivity index (χ0v) is 23.8. The SMILES string of the molecule is C=CCOC(=O)[C@@H]1[C@H]2C(=O)N([C@@H](CO)CC(C)C)C(C(=O)N(CC=C)c3ccc(Cl)cc3)C23CC[C@@]1(C)S3. The van der Waals surface area contributed by atoms with Crippen LogP contribution in [0.1, 0.15) is 40.0 Å². The van der Waals surface area contributed by atoms with Crippen molar-refractivity contribution in [2.45, 2.75) is 61.6 Å². The first kappa shape index (κ1) is 28.7. The van der Waals surface area contributed by atoms with Crippen LogP contribution in [-0.4, -0.2) is 69.1 Å². The molecule has 1 aromatic carbocycles. The Morgan fingerprint density at radius 1 is 1.26 bits per heavy atom. The number of aliphatic hydroxyl groups is 1. The highest BCUT2D eigenvalue weighted by Crippen LogP contribution is 2.72. The van der Waals surface area contributed by atoms with E-state index in [1.54, 1.807) is 51.9 Å². The van der Waals surface area contributed by atoms with Gasteiger partial charge in [0.1, 0.15) is 12.6 Å². The molecule has 0 saturated carbocycles. The van der Waals surface area contributed by atoms with Crippen molar-refractivity contribution in [1.82, 2.24) is 4.90 Å². The molecule has 4 rings (SSSR count). The summed E-state index contributed by atoms with van der Waals surface area (Å²) in [6.07, 6.45) is 4.99. The molecule has 3 saturated heterocycles. The Hall–Kier alpha value is -2.29. The molecule has 3 heterocycles. The molecule has 2 bridgehead atoms. The highest BCUT2D eigenvalue weighted by molar-refractivity contribution is 8.02. The molecule has 38 heavy (non-hydrogen) atoms. The van der Waals surface area contributed by atoms with Crippen LogP contribution >= 0.6 is 23.4 Å². The predicted octanol–water partition coefficient (Wildman–Crippen LogP) is 4.48. The smallest absolute Gasteiger partial charge is 0.311 e. The van der Waals surface area contributed by atoms with Crippen molar-refractivity contribution >= 4 is 46.8 Å². The third-order valence-corrected chi connectivity index (χ3v) is 10.3. The molecule has 3 aliphatic heterocycles. The van der Waals surface area contributed by atoms with Gasteiger partial charge in [-0.3, -0.25) is 14.4 Å². The van der Waals surface area contributed by atoms with Crippen molar-refractivity contribution in [2.24, 2.45) is 17.8 Å². The van der Waals surface area contributed by atoms with E-state index in [4.69, 9.17) is 16.3 Å². The Morgan fingerprint density at radius 3 is 2.53 bits per heavy atom. The number of carbonyl (C=O) groups excluding carboxylic acids is 3. The van der Waals surface area contributed by atoms with Crippen LogP contribution < -0.4 is 4.90 Å². The fourth-order valence-electron chi connectivity index (χ4n) is 6.67. The second kappa shape index (κ2) is 11.1. The van der Waals surface area contributed by atoms with Crippen molar-refractivity contribution < 1.29 is 24.2 Å². The lowest BCUT2D eigenvalue weighted by Crippen LogP contribution is -2.57. The largest absolute Gasteiger partial charge is 0.461 e. The molecule has 3 fully saturated rings. The second-order valence-electron chi connectivity index (χ2n) is 11.1. The van der Waals surface area contributed by atoms with E-state index in [-0.39, 0.29) is 37.5 Å². The van der Waals surface area contributed by atoms with Crippen LogP contribution in [0.2, 0.25) is 5.02 Å². The number of rotatable bonds is 11. The molecule has 1 aromatic rings. The molecule has 2 unspecified atom stereocenters. The Morgan fingerprint density at radius 2 is 1.95 bits per heavy atom. The number of anilines is 1. The molecule has 1 N–H and O–H groups in total. The van der Waals surface area contributed by atoms with Crippen molar-refractivity contribution in [1.29, 1.82) is 0 Å². The molecule has 2 amide bonds. The van der Waals surface area contributed by atoms with Crippen molar-refractivity contribution in [3.05, 3.63) is 54.6 Å². The summed E-state index contributed by atoms with van der Waals surface area (Å²) in [4.78, 5) is 45.5. The maximum absolute atomic E-state index is 14.6. The zero-order valence-electron chi connectivity index (χ0n) is 22.3. The number of likely N-dealkylation sites (tertiary alicyclic amines) is 1. The average molecular weight is 561 g/mol. The van der Waals surface area contributed by atoms with Gasteiger partial charge >= 0.3 is 5.97 Å². The third kappa shape index (κ3) is 4.69. The number of thioether (sulfide) groups is 1. The number of hydrogen-bond acceptors (Lipinski definition) is 6. The molecular formula is C29H37ClN2O5S. The van der Waals surface area contributed by atoms with E-state index in [9.17, 15) is 19.5 Å². The van der Waals surface area contributed by atoms with E-state index in [1.165, 1.54) is 6.08 Å². The van der Waals surface area contributed by atoms with Crippen LogP contribution in [0.4, 0.5) is 5.69 Å². The molecule has 206 valence electrons. The summed E-state index contributed by atoms with van der Waals surface area (Å²) < 4.78 is 4.15. The first-order valence-electron chi connectivity index (χ1n) is 13.1. The first-order chi connectivity index (χ1) is 18.0. The van der Waals surface area contributed by atoms with Crippen LogP contribution in [-0.2, 0) is 19.1 Å². The van der Waals surface area contributed by atoms with Gasteiger partial charge in [0.2, 0.25) is 5.91 Å². The van der Waals surface area contributed by atoms with Gasteiger partial charge in [-0.05, 0) is 56.4 Å². The average Bonchev–Trinajstić information content (AvgIpc) is 3.45. The van der Waals surface area contributed by atoms with Gasteiger partial charge in [-0.1, -0.05) is 44.2 Å². The number of benzene rings is 1. The molecule has 7 nitrogen and oxygen atoms in total. The summed E-state index contributed by atoms with van der Waals surface area (Å²) in [7, 11) is 0. The van der Waals surface area contributed by atoms with Crippen LogP contribution in [0, 0.1) is 17.8 Å². The monoisotopic (exact) mass is 560 g/mol. The zero-order chi connectivity index (χ0) is 27.8. The number of hydrogen-bond donors (Lipinski definition) is 1.